The molecule has 0 aliphatic carbocycles. The molecule has 1 aliphatic rings. The predicted octanol–water partition coefficient (Wildman–Crippen LogP) is 2.85. The third kappa shape index (κ3) is 4.71. The van der Waals surface area contributed by atoms with Crippen LogP contribution in [0.4, 0.5) is 13.2 Å². The maximum absolute atomic E-state index is 12.6. The summed E-state index contributed by atoms with van der Waals surface area (Å²) in [5.74, 6) is -0.0962. The van der Waals surface area contributed by atoms with Crippen molar-refractivity contribution in [2.45, 2.75) is 44.9 Å². The first-order valence-corrected chi connectivity index (χ1v) is 8.89. The van der Waals surface area contributed by atoms with Crippen LogP contribution in [0.5, 0.6) is 0 Å². The maximum atomic E-state index is 12.6. The predicted molar refractivity (Wildman–Crippen MR) is 93.0 cm³/mol. The Morgan fingerprint density at radius 2 is 2.00 bits per heavy atom. The third-order valence-electron chi connectivity index (χ3n) is 4.63. The number of benzene rings is 1. The highest BCUT2D eigenvalue weighted by molar-refractivity contribution is 5.88. The second-order valence-electron chi connectivity index (χ2n) is 6.77. The van der Waals surface area contributed by atoms with Crippen LogP contribution >= 0.6 is 0 Å². The standard InChI is InChI=1S/C19H20F3N3O3/c1-12-9-15(28-24-12)10-17(26)25-8-2-3-16(25)18(27)23-11-13-4-6-14(7-5-13)19(20,21)22/h4-7,9,16H,2-3,8,10-11H2,1H3,(H,23,27)/t16-/m0/s1. The van der Waals surface area contributed by atoms with Gasteiger partial charge in [-0.2, -0.15) is 13.2 Å². The zero-order chi connectivity index (χ0) is 20.3. The number of halogens is 3. The molecule has 1 fully saturated rings. The second kappa shape index (κ2) is 8.04. The number of amides is 2. The van der Waals surface area contributed by atoms with E-state index in [9.17, 15) is 22.8 Å². The molecule has 28 heavy (non-hydrogen) atoms. The van der Waals surface area contributed by atoms with Crippen LogP contribution in [0, 0.1) is 6.92 Å². The lowest BCUT2D eigenvalue weighted by Gasteiger charge is -2.23. The Morgan fingerprint density at radius 3 is 2.61 bits per heavy atom. The number of nitrogens with one attached hydrogen (secondary N) is 1. The summed E-state index contributed by atoms with van der Waals surface area (Å²) < 4.78 is 42.8. The topological polar surface area (TPSA) is 75.4 Å². The van der Waals surface area contributed by atoms with Crippen LogP contribution in [0.1, 0.15) is 35.4 Å². The Labute approximate surface area is 159 Å². The van der Waals surface area contributed by atoms with Gasteiger partial charge in [-0.05, 0) is 37.5 Å². The van der Waals surface area contributed by atoms with Crippen LogP contribution in [0.25, 0.3) is 0 Å². The number of carbonyl (C=O) groups excluding carboxylic acids is 2. The van der Waals surface area contributed by atoms with Gasteiger partial charge in [-0.3, -0.25) is 9.59 Å². The Kier molecular flexibility index (Phi) is 5.71. The second-order valence-corrected chi connectivity index (χ2v) is 6.77. The zero-order valence-corrected chi connectivity index (χ0v) is 15.3. The zero-order valence-electron chi connectivity index (χ0n) is 15.3. The largest absolute Gasteiger partial charge is 0.416 e. The molecule has 6 nitrogen and oxygen atoms in total. The van der Waals surface area contributed by atoms with Crippen molar-refractivity contribution in [3.63, 3.8) is 0 Å². The van der Waals surface area contributed by atoms with E-state index in [0.29, 0.717) is 36.4 Å². The molecule has 1 aliphatic heterocycles. The summed E-state index contributed by atoms with van der Waals surface area (Å²) in [5, 5.41) is 6.44. The molecule has 2 heterocycles. The fraction of sp³-hybridized carbons (Fsp3) is 0.421. The van der Waals surface area contributed by atoms with Crippen molar-refractivity contribution in [1.82, 2.24) is 15.4 Å². The number of likely N-dealkylation sites (tertiary alicyclic amines) is 1. The molecule has 1 aromatic carbocycles. The van der Waals surface area contributed by atoms with Gasteiger partial charge in [-0.25, -0.2) is 0 Å². The number of aromatic nitrogens is 1. The van der Waals surface area contributed by atoms with Gasteiger partial charge >= 0.3 is 6.18 Å². The van der Waals surface area contributed by atoms with E-state index in [4.69, 9.17) is 4.52 Å². The Morgan fingerprint density at radius 1 is 1.29 bits per heavy atom. The summed E-state index contributed by atoms with van der Waals surface area (Å²) in [5.41, 5.74) is 0.488. The van der Waals surface area contributed by atoms with Crippen molar-refractivity contribution in [2.75, 3.05) is 6.54 Å². The first kappa shape index (κ1) is 19.9. The minimum atomic E-state index is -4.39. The quantitative estimate of drug-likeness (QED) is 0.845. The maximum Gasteiger partial charge on any atom is 0.416 e. The van der Waals surface area contributed by atoms with E-state index in [1.807, 2.05) is 0 Å². The summed E-state index contributed by atoms with van der Waals surface area (Å²) in [4.78, 5) is 26.5. The van der Waals surface area contributed by atoms with Gasteiger partial charge in [0.1, 0.15) is 11.8 Å². The summed E-state index contributed by atoms with van der Waals surface area (Å²) >= 11 is 0. The molecule has 2 amide bonds. The Hall–Kier alpha value is -2.84. The normalized spacial score (nSPS) is 17.0. The molecule has 0 unspecified atom stereocenters. The van der Waals surface area contributed by atoms with E-state index in [0.717, 1.165) is 12.1 Å². The molecular weight excluding hydrogens is 375 g/mol. The molecule has 1 atom stereocenters. The fourth-order valence-corrected chi connectivity index (χ4v) is 3.21. The van der Waals surface area contributed by atoms with Crippen LogP contribution in [-0.2, 0) is 28.7 Å². The van der Waals surface area contributed by atoms with Crippen molar-refractivity contribution in [3.8, 4) is 0 Å². The average molecular weight is 395 g/mol. The van der Waals surface area contributed by atoms with Crippen molar-refractivity contribution in [1.29, 1.82) is 0 Å². The van der Waals surface area contributed by atoms with Gasteiger partial charge in [0.15, 0.2) is 0 Å². The third-order valence-corrected chi connectivity index (χ3v) is 4.63. The van der Waals surface area contributed by atoms with Crippen LogP contribution in [-0.4, -0.2) is 34.5 Å². The molecule has 0 spiro atoms. The monoisotopic (exact) mass is 395 g/mol. The Balaban J connectivity index is 1.56. The summed E-state index contributed by atoms with van der Waals surface area (Å²) in [6, 6.07) is 5.69. The van der Waals surface area contributed by atoms with Gasteiger partial charge in [0.05, 0.1) is 17.7 Å². The molecule has 1 N–H and O–H groups in total. The molecule has 0 bridgehead atoms. The molecule has 150 valence electrons. The van der Waals surface area contributed by atoms with Gasteiger partial charge in [0.2, 0.25) is 11.8 Å². The average Bonchev–Trinajstić information content (AvgIpc) is 3.28. The molecule has 2 aromatic rings. The van der Waals surface area contributed by atoms with Crippen molar-refractivity contribution in [3.05, 3.63) is 52.9 Å². The summed E-state index contributed by atoms with van der Waals surface area (Å²) in [6.45, 7) is 2.33. The fourth-order valence-electron chi connectivity index (χ4n) is 3.21. The van der Waals surface area contributed by atoms with Crippen molar-refractivity contribution in [2.24, 2.45) is 0 Å². The molecule has 1 saturated heterocycles. The lowest BCUT2D eigenvalue weighted by atomic mass is 10.1. The SMILES string of the molecule is Cc1cc(CC(=O)N2CCC[C@H]2C(=O)NCc2ccc(C(F)(F)F)cc2)on1. The molecule has 1 aromatic heterocycles. The van der Waals surface area contributed by atoms with Crippen LogP contribution < -0.4 is 5.32 Å². The van der Waals surface area contributed by atoms with Gasteiger partial charge < -0.3 is 14.7 Å². The van der Waals surface area contributed by atoms with Crippen LogP contribution in [0.15, 0.2) is 34.9 Å². The van der Waals surface area contributed by atoms with Gasteiger partial charge in [0, 0.05) is 19.2 Å². The first-order chi connectivity index (χ1) is 13.2. The number of nitrogens with zero attached hydrogens (tertiary/aromatic N) is 2. The first-order valence-electron chi connectivity index (χ1n) is 8.89. The van der Waals surface area contributed by atoms with E-state index in [1.54, 1.807) is 13.0 Å². The van der Waals surface area contributed by atoms with Gasteiger partial charge in [-0.1, -0.05) is 17.3 Å². The van der Waals surface area contributed by atoms with Gasteiger partial charge in [-0.15, -0.1) is 0 Å². The van der Waals surface area contributed by atoms with E-state index in [-0.39, 0.29) is 24.8 Å². The number of alkyl halides is 3. The van der Waals surface area contributed by atoms with Gasteiger partial charge in [0.25, 0.3) is 0 Å². The van der Waals surface area contributed by atoms with E-state index >= 15 is 0 Å². The van der Waals surface area contributed by atoms with E-state index in [1.165, 1.54) is 17.0 Å². The van der Waals surface area contributed by atoms with Crippen molar-refractivity contribution >= 4 is 11.8 Å². The number of aryl methyl sites for hydroxylation is 1. The smallest absolute Gasteiger partial charge is 0.361 e. The molecule has 9 heteroatoms. The highest BCUT2D eigenvalue weighted by Gasteiger charge is 2.34. The number of carbonyl (C=O) groups is 2. The van der Waals surface area contributed by atoms with Crippen molar-refractivity contribution < 1.29 is 27.3 Å². The summed E-state index contributed by atoms with van der Waals surface area (Å²) in [7, 11) is 0. The number of hydrogen-bond acceptors (Lipinski definition) is 4. The highest BCUT2D eigenvalue weighted by atomic mass is 19.4. The van der Waals surface area contributed by atoms with E-state index in [2.05, 4.69) is 10.5 Å². The lowest BCUT2D eigenvalue weighted by Crippen LogP contribution is -2.46. The summed E-state index contributed by atoms with van der Waals surface area (Å²) in [6.07, 6.45) is -3.11. The molecule has 3 rings (SSSR count). The highest BCUT2D eigenvalue weighted by Crippen LogP contribution is 2.29. The van der Waals surface area contributed by atoms with Crippen LogP contribution in [0.2, 0.25) is 0 Å². The molecule has 0 radical (unpaired) electrons. The molecule has 0 saturated carbocycles. The Bertz CT molecular complexity index is 846. The van der Waals surface area contributed by atoms with Crippen LogP contribution in [0.3, 0.4) is 0 Å². The minimum absolute atomic E-state index is 0.0313. The number of hydrogen-bond donors (Lipinski definition) is 1. The minimum Gasteiger partial charge on any atom is -0.361 e. The molecular formula is C19H20F3N3O3. The lowest BCUT2D eigenvalue weighted by molar-refractivity contribution is -0.138. The number of rotatable bonds is 5. The van der Waals surface area contributed by atoms with E-state index < -0.39 is 17.8 Å².